The van der Waals surface area contributed by atoms with Crippen LogP contribution in [0.5, 0.6) is 0 Å². The minimum atomic E-state index is -3.47. The first kappa shape index (κ1) is 14.1. The fourth-order valence-electron chi connectivity index (χ4n) is 1.22. The second-order valence-corrected chi connectivity index (χ2v) is 6.31. The molecular weight excluding hydrogens is 260 g/mol. The van der Waals surface area contributed by atoms with Gasteiger partial charge in [-0.3, -0.25) is 4.68 Å². The molecule has 1 aromatic rings. The van der Waals surface area contributed by atoms with Gasteiger partial charge < -0.3 is 5.73 Å². The van der Waals surface area contributed by atoms with Crippen molar-refractivity contribution < 1.29 is 8.42 Å². The second kappa shape index (κ2) is 5.56. The summed E-state index contributed by atoms with van der Waals surface area (Å²) in [6.45, 7) is 1.77. The van der Waals surface area contributed by atoms with E-state index < -0.39 is 15.3 Å². The quantitative estimate of drug-likeness (QED) is 0.687. The molecule has 0 radical (unpaired) electrons. The molecule has 17 heavy (non-hydrogen) atoms. The SMILES string of the molecule is CC(C(N)=S)S(=O)(=O)NCCc1cnn(C)c1. The van der Waals surface area contributed by atoms with Gasteiger partial charge in [0.15, 0.2) is 0 Å². The van der Waals surface area contributed by atoms with E-state index in [9.17, 15) is 8.42 Å². The molecule has 0 aliphatic heterocycles. The van der Waals surface area contributed by atoms with E-state index in [4.69, 9.17) is 5.73 Å². The first-order valence-corrected chi connectivity index (χ1v) is 7.03. The molecule has 0 amide bonds. The molecule has 0 saturated heterocycles. The van der Waals surface area contributed by atoms with Gasteiger partial charge in [0.1, 0.15) is 5.25 Å². The van der Waals surface area contributed by atoms with Gasteiger partial charge in [-0.05, 0) is 18.9 Å². The summed E-state index contributed by atoms with van der Waals surface area (Å²) in [7, 11) is -1.66. The summed E-state index contributed by atoms with van der Waals surface area (Å²) >= 11 is 4.66. The Morgan fingerprint density at radius 3 is 2.82 bits per heavy atom. The Labute approximate surface area is 106 Å². The molecular formula is C9H16N4O2S2. The summed E-state index contributed by atoms with van der Waals surface area (Å²) < 4.78 is 27.5. The summed E-state index contributed by atoms with van der Waals surface area (Å²) in [6, 6.07) is 0. The Morgan fingerprint density at radius 2 is 2.35 bits per heavy atom. The Bertz CT molecular complexity index is 495. The number of rotatable bonds is 6. The molecule has 6 nitrogen and oxygen atoms in total. The van der Waals surface area contributed by atoms with Gasteiger partial charge in [-0.15, -0.1) is 0 Å². The monoisotopic (exact) mass is 276 g/mol. The first-order valence-electron chi connectivity index (χ1n) is 5.08. The van der Waals surface area contributed by atoms with Gasteiger partial charge in [0, 0.05) is 19.8 Å². The molecule has 0 bridgehead atoms. The lowest BCUT2D eigenvalue weighted by Gasteiger charge is -2.11. The third-order valence-electron chi connectivity index (χ3n) is 2.34. The Morgan fingerprint density at radius 1 is 1.71 bits per heavy atom. The van der Waals surface area contributed by atoms with Crippen molar-refractivity contribution in [1.82, 2.24) is 14.5 Å². The maximum atomic E-state index is 11.7. The molecule has 1 rings (SSSR count). The van der Waals surface area contributed by atoms with E-state index in [2.05, 4.69) is 22.0 Å². The molecule has 1 aromatic heterocycles. The largest absolute Gasteiger partial charge is 0.392 e. The van der Waals surface area contributed by atoms with Crippen LogP contribution < -0.4 is 10.5 Å². The molecule has 1 atom stereocenters. The van der Waals surface area contributed by atoms with E-state index in [0.717, 1.165) is 5.56 Å². The number of aromatic nitrogens is 2. The lowest BCUT2D eigenvalue weighted by Crippen LogP contribution is -2.40. The highest BCUT2D eigenvalue weighted by molar-refractivity contribution is 7.93. The highest BCUT2D eigenvalue weighted by Crippen LogP contribution is 2.00. The first-order chi connectivity index (χ1) is 7.83. The van der Waals surface area contributed by atoms with Crippen molar-refractivity contribution in [2.45, 2.75) is 18.6 Å². The van der Waals surface area contributed by atoms with Crippen molar-refractivity contribution >= 4 is 27.2 Å². The highest BCUT2D eigenvalue weighted by Gasteiger charge is 2.22. The fraction of sp³-hybridized carbons (Fsp3) is 0.556. The average Bonchev–Trinajstić information content (AvgIpc) is 2.62. The molecule has 0 aliphatic carbocycles. The van der Waals surface area contributed by atoms with Gasteiger partial charge in [0.05, 0.1) is 11.2 Å². The van der Waals surface area contributed by atoms with Crippen molar-refractivity contribution in [3.8, 4) is 0 Å². The summed E-state index contributed by atoms with van der Waals surface area (Å²) in [6.07, 6.45) is 4.12. The van der Waals surface area contributed by atoms with Crippen LogP contribution in [0.1, 0.15) is 12.5 Å². The molecule has 0 aromatic carbocycles. The van der Waals surface area contributed by atoms with Crippen LogP contribution in [0.2, 0.25) is 0 Å². The van der Waals surface area contributed by atoms with Crippen molar-refractivity contribution in [2.24, 2.45) is 12.8 Å². The molecule has 0 spiro atoms. The number of nitrogens with two attached hydrogens (primary N) is 1. The van der Waals surface area contributed by atoms with Gasteiger partial charge in [-0.25, -0.2) is 13.1 Å². The van der Waals surface area contributed by atoms with E-state index in [1.807, 2.05) is 13.2 Å². The van der Waals surface area contributed by atoms with Gasteiger partial charge in [0.25, 0.3) is 0 Å². The topological polar surface area (TPSA) is 90.0 Å². The minimum Gasteiger partial charge on any atom is -0.392 e. The van der Waals surface area contributed by atoms with Crippen molar-refractivity contribution in [3.05, 3.63) is 18.0 Å². The van der Waals surface area contributed by atoms with Gasteiger partial charge in [0.2, 0.25) is 10.0 Å². The van der Waals surface area contributed by atoms with E-state index in [-0.39, 0.29) is 4.99 Å². The standard InChI is InChI=1S/C9H16N4O2S2/c1-7(9(10)16)17(14,15)12-4-3-8-5-11-13(2)6-8/h5-7,12H,3-4H2,1-2H3,(H2,10,16). The molecule has 0 saturated carbocycles. The Hall–Kier alpha value is -0.990. The number of nitrogens with one attached hydrogen (secondary N) is 1. The predicted molar refractivity (Wildman–Crippen MR) is 70.1 cm³/mol. The zero-order valence-electron chi connectivity index (χ0n) is 9.75. The predicted octanol–water partition coefficient (Wildman–Crippen LogP) is -0.443. The summed E-state index contributed by atoms with van der Waals surface area (Å²) in [5.74, 6) is 0. The molecule has 0 fully saturated rings. The Balaban J connectivity index is 2.48. The normalized spacial score (nSPS) is 13.5. The smallest absolute Gasteiger partial charge is 0.220 e. The number of thiocarbonyl (C=S) groups is 1. The van der Waals surface area contributed by atoms with Crippen LogP contribution in [0.3, 0.4) is 0 Å². The number of hydrogen-bond acceptors (Lipinski definition) is 4. The van der Waals surface area contributed by atoms with Gasteiger partial charge in [-0.2, -0.15) is 5.10 Å². The molecule has 8 heteroatoms. The molecule has 3 N–H and O–H groups in total. The summed E-state index contributed by atoms with van der Waals surface area (Å²) in [4.78, 5) is -0.0288. The number of nitrogens with zero attached hydrogens (tertiary/aromatic N) is 2. The van der Waals surface area contributed by atoms with Crippen molar-refractivity contribution in [3.63, 3.8) is 0 Å². The fourth-order valence-corrected chi connectivity index (χ4v) is 2.54. The lowest BCUT2D eigenvalue weighted by atomic mass is 10.3. The zero-order valence-corrected chi connectivity index (χ0v) is 11.4. The van der Waals surface area contributed by atoms with Gasteiger partial charge >= 0.3 is 0 Å². The van der Waals surface area contributed by atoms with Crippen molar-refractivity contribution in [2.75, 3.05) is 6.54 Å². The molecule has 1 heterocycles. The van der Waals surface area contributed by atoms with Crippen LogP contribution >= 0.6 is 12.2 Å². The number of sulfonamides is 1. The summed E-state index contributed by atoms with van der Waals surface area (Å²) in [5, 5.41) is 3.14. The van der Waals surface area contributed by atoms with Crippen LogP contribution in [0.25, 0.3) is 0 Å². The molecule has 0 aliphatic rings. The minimum absolute atomic E-state index is 0.0288. The van der Waals surface area contributed by atoms with Gasteiger partial charge in [-0.1, -0.05) is 12.2 Å². The van der Waals surface area contributed by atoms with Crippen LogP contribution in [0.4, 0.5) is 0 Å². The van der Waals surface area contributed by atoms with Crippen LogP contribution in [-0.2, 0) is 23.5 Å². The van der Waals surface area contributed by atoms with Crippen LogP contribution in [0, 0.1) is 0 Å². The number of hydrogen-bond donors (Lipinski definition) is 2. The maximum absolute atomic E-state index is 11.7. The van der Waals surface area contributed by atoms with E-state index in [1.54, 1.807) is 10.9 Å². The third-order valence-corrected chi connectivity index (χ3v) is 4.64. The zero-order chi connectivity index (χ0) is 13.1. The van der Waals surface area contributed by atoms with Crippen LogP contribution in [-0.4, -0.2) is 35.0 Å². The number of aryl methyl sites for hydroxylation is 1. The van der Waals surface area contributed by atoms with Crippen LogP contribution in [0.15, 0.2) is 12.4 Å². The maximum Gasteiger partial charge on any atom is 0.220 e. The van der Waals surface area contributed by atoms with E-state index >= 15 is 0 Å². The Kier molecular flexibility index (Phi) is 4.61. The van der Waals surface area contributed by atoms with E-state index in [1.165, 1.54) is 6.92 Å². The lowest BCUT2D eigenvalue weighted by molar-refractivity contribution is 0.578. The second-order valence-electron chi connectivity index (χ2n) is 3.76. The molecule has 1 unspecified atom stereocenters. The van der Waals surface area contributed by atoms with E-state index in [0.29, 0.717) is 13.0 Å². The third kappa shape index (κ3) is 4.06. The average molecular weight is 276 g/mol. The summed E-state index contributed by atoms with van der Waals surface area (Å²) in [5.41, 5.74) is 6.28. The highest BCUT2D eigenvalue weighted by atomic mass is 32.2. The van der Waals surface area contributed by atoms with Crippen molar-refractivity contribution in [1.29, 1.82) is 0 Å². The molecule has 96 valence electrons.